The molecule has 1 N–H and O–H groups in total. The van der Waals surface area contributed by atoms with Gasteiger partial charge >= 0.3 is 0 Å². The molecule has 0 amide bonds. The molecule has 2 rings (SSSR count). The zero-order valence-electron chi connectivity index (χ0n) is 12.8. The highest BCUT2D eigenvalue weighted by Crippen LogP contribution is 2.21. The molecule has 3 heteroatoms. The van der Waals surface area contributed by atoms with Gasteiger partial charge in [-0.25, -0.2) is 0 Å². The Morgan fingerprint density at radius 1 is 1.15 bits per heavy atom. The molecular formula is C17H23N3. The first-order chi connectivity index (χ1) is 9.60. The molecule has 1 aromatic carbocycles. The van der Waals surface area contributed by atoms with Crippen LogP contribution < -0.4 is 10.2 Å². The second kappa shape index (κ2) is 6.42. The number of hydrogen-bond donors (Lipinski definition) is 1. The second-order valence-corrected chi connectivity index (χ2v) is 5.21. The molecule has 0 fully saturated rings. The summed E-state index contributed by atoms with van der Waals surface area (Å²) in [5.74, 6) is 0. The maximum absolute atomic E-state index is 4.45. The molecule has 0 unspecified atom stereocenters. The smallest absolute Gasteiger partial charge is 0.0617 e. The van der Waals surface area contributed by atoms with Crippen LogP contribution in [0, 0.1) is 13.8 Å². The van der Waals surface area contributed by atoms with Gasteiger partial charge in [-0.1, -0.05) is 17.7 Å². The van der Waals surface area contributed by atoms with E-state index in [1.165, 1.54) is 16.8 Å². The van der Waals surface area contributed by atoms with Crippen LogP contribution in [-0.2, 0) is 6.54 Å². The summed E-state index contributed by atoms with van der Waals surface area (Å²) in [4.78, 5) is 6.70. The molecule has 20 heavy (non-hydrogen) atoms. The van der Waals surface area contributed by atoms with Gasteiger partial charge in [0.1, 0.15) is 0 Å². The number of anilines is 2. The van der Waals surface area contributed by atoms with Crippen molar-refractivity contribution in [1.82, 2.24) is 4.98 Å². The van der Waals surface area contributed by atoms with Gasteiger partial charge in [0.25, 0.3) is 0 Å². The molecule has 0 spiro atoms. The maximum atomic E-state index is 4.45. The molecule has 106 valence electrons. The second-order valence-electron chi connectivity index (χ2n) is 5.21. The van der Waals surface area contributed by atoms with Crippen LogP contribution in [0.15, 0.2) is 36.5 Å². The average molecular weight is 269 g/mol. The molecular weight excluding hydrogens is 246 g/mol. The van der Waals surface area contributed by atoms with E-state index in [1.54, 1.807) is 0 Å². The Morgan fingerprint density at radius 3 is 2.65 bits per heavy atom. The maximum Gasteiger partial charge on any atom is 0.0617 e. The van der Waals surface area contributed by atoms with E-state index >= 15 is 0 Å². The molecule has 3 nitrogen and oxygen atoms in total. The van der Waals surface area contributed by atoms with Gasteiger partial charge in [-0.2, -0.15) is 0 Å². The van der Waals surface area contributed by atoms with Crippen molar-refractivity contribution in [3.8, 4) is 0 Å². The fraction of sp³-hybridized carbons (Fsp3) is 0.353. The van der Waals surface area contributed by atoms with Crippen molar-refractivity contribution in [2.75, 3.05) is 23.8 Å². The first-order valence-corrected chi connectivity index (χ1v) is 7.07. The molecule has 2 aromatic rings. The molecule has 0 saturated heterocycles. The van der Waals surface area contributed by atoms with Crippen molar-refractivity contribution in [3.63, 3.8) is 0 Å². The van der Waals surface area contributed by atoms with Gasteiger partial charge in [0, 0.05) is 31.2 Å². The van der Waals surface area contributed by atoms with E-state index < -0.39 is 0 Å². The molecule has 0 aliphatic heterocycles. The highest BCUT2D eigenvalue weighted by atomic mass is 15.1. The lowest BCUT2D eigenvalue weighted by Crippen LogP contribution is -2.18. The summed E-state index contributed by atoms with van der Waals surface area (Å²) >= 11 is 0. The summed E-state index contributed by atoms with van der Waals surface area (Å²) in [6.07, 6.45) is 1.86. The third-order valence-corrected chi connectivity index (χ3v) is 3.36. The van der Waals surface area contributed by atoms with Crippen molar-refractivity contribution in [3.05, 3.63) is 53.3 Å². The first-order valence-electron chi connectivity index (χ1n) is 7.07. The van der Waals surface area contributed by atoms with Crippen LogP contribution in [0.2, 0.25) is 0 Å². The van der Waals surface area contributed by atoms with E-state index in [0.29, 0.717) is 0 Å². The lowest BCUT2D eigenvalue weighted by atomic mass is 10.1. The summed E-state index contributed by atoms with van der Waals surface area (Å²) < 4.78 is 0. The summed E-state index contributed by atoms with van der Waals surface area (Å²) in [7, 11) is 2.11. The van der Waals surface area contributed by atoms with Gasteiger partial charge in [0.2, 0.25) is 0 Å². The minimum Gasteiger partial charge on any atom is -0.385 e. The Labute approximate surface area is 121 Å². The fourth-order valence-corrected chi connectivity index (χ4v) is 2.44. The van der Waals surface area contributed by atoms with Gasteiger partial charge in [-0.05, 0) is 44.5 Å². The normalized spacial score (nSPS) is 10.4. The molecule has 0 aliphatic rings. The Kier molecular flexibility index (Phi) is 4.61. The molecule has 1 aromatic heterocycles. The third kappa shape index (κ3) is 3.50. The molecule has 0 bridgehead atoms. The molecule has 1 heterocycles. The minimum atomic E-state index is 0.809. The van der Waals surface area contributed by atoms with Gasteiger partial charge in [-0.3, -0.25) is 4.98 Å². The van der Waals surface area contributed by atoms with Gasteiger partial charge < -0.3 is 10.2 Å². The number of rotatable bonds is 5. The van der Waals surface area contributed by atoms with Gasteiger partial charge in [0.15, 0.2) is 0 Å². The van der Waals surface area contributed by atoms with Crippen LogP contribution in [0.25, 0.3) is 0 Å². The SMILES string of the molecule is CCNc1ccnc(CN(C)c2ccc(C)cc2C)c1. The summed E-state index contributed by atoms with van der Waals surface area (Å²) in [6.45, 7) is 8.11. The van der Waals surface area contributed by atoms with E-state index in [9.17, 15) is 0 Å². The molecule has 0 saturated carbocycles. The minimum absolute atomic E-state index is 0.809. The van der Waals surface area contributed by atoms with Crippen molar-refractivity contribution in [2.45, 2.75) is 27.3 Å². The Bertz CT molecular complexity index is 578. The van der Waals surface area contributed by atoms with E-state index in [-0.39, 0.29) is 0 Å². The standard InChI is InChI=1S/C17H23N3/c1-5-18-15-8-9-19-16(11-15)12-20(4)17-7-6-13(2)10-14(17)3/h6-11H,5,12H2,1-4H3,(H,18,19). The van der Waals surface area contributed by atoms with Crippen LogP contribution in [0.4, 0.5) is 11.4 Å². The largest absolute Gasteiger partial charge is 0.385 e. The van der Waals surface area contributed by atoms with Crippen molar-refractivity contribution >= 4 is 11.4 Å². The first kappa shape index (κ1) is 14.4. The van der Waals surface area contributed by atoms with Crippen molar-refractivity contribution < 1.29 is 0 Å². The van der Waals surface area contributed by atoms with E-state index in [2.05, 4.69) is 67.3 Å². The average Bonchev–Trinajstić information content (AvgIpc) is 2.39. The van der Waals surface area contributed by atoms with E-state index in [0.717, 1.165) is 24.5 Å². The third-order valence-electron chi connectivity index (χ3n) is 3.36. The number of nitrogens with zero attached hydrogens (tertiary/aromatic N) is 2. The number of pyridine rings is 1. The molecule has 0 aliphatic carbocycles. The summed E-state index contributed by atoms with van der Waals surface area (Å²) in [5.41, 5.74) is 6.06. The van der Waals surface area contributed by atoms with Crippen LogP contribution in [-0.4, -0.2) is 18.6 Å². The fourth-order valence-electron chi connectivity index (χ4n) is 2.44. The summed E-state index contributed by atoms with van der Waals surface area (Å²) in [5, 5.41) is 3.32. The van der Waals surface area contributed by atoms with Crippen molar-refractivity contribution in [2.24, 2.45) is 0 Å². The zero-order chi connectivity index (χ0) is 14.5. The zero-order valence-corrected chi connectivity index (χ0v) is 12.8. The van der Waals surface area contributed by atoms with Gasteiger partial charge in [0.05, 0.1) is 12.2 Å². The monoisotopic (exact) mass is 269 g/mol. The van der Waals surface area contributed by atoms with E-state index in [4.69, 9.17) is 0 Å². The number of aryl methyl sites for hydroxylation is 2. The predicted octanol–water partition coefficient (Wildman–Crippen LogP) is 3.77. The molecule has 0 atom stereocenters. The topological polar surface area (TPSA) is 28.2 Å². The Balaban J connectivity index is 2.14. The number of nitrogens with one attached hydrogen (secondary N) is 1. The summed E-state index contributed by atoms with van der Waals surface area (Å²) in [6, 6.07) is 10.7. The van der Waals surface area contributed by atoms with Crippen LogP contribution in [0.1, 0.15) is 23.7 Å². The Morgan fingerprint density at radius 2 is 1.95 bits per heavy atom. The van der Waals surface area contributed by atoms with E-state index in [1.807, 2.05) is 12.3 Å². The van der Waals surface area contributed by atoms with Crippen LogP contribution in [0.5, 0.6) is 0 Å². The molecule has 0 radical (unpaired) electrons. The lowest BCUT2D eigenvalue weighted by Gasteiger charge is -2.21. The quantitative estimate of drug-likeness (QED) is 0.895. The highest BCUT2D eigenvalue weighted by molar-refractivity contribution is 5.54. The predicted molar refractivity (Wildman–Crippen MR) is 86.4 cm³/mol. The van der Waals surface area contributed by atoms with Gasteiger partial charge in [-0.15, -0.1) is 0 Å². The number of hydrogen-bond acceptors (Lipinski definition) is 3. The highest BCUT2D eigenvalue weighted by Gasteiger charge is 2.06. The Hall–Kier alpha value is -2.03. The van der Waals surface area contributed by atoms with Crippen LogP contribution >= 0.6 is 0 Å². The van der Waals surface area contributed by atoms with Crippen LogP contribution in [0.3, 0.4) is 0 Å². The number of benzene rings is 1. The number of aromatic nitrogens is 1. The lowest BCUT2D eigenvalue weighted by molar-refractivity contribution is 0.880. The van der Waals surface area contributed by atoms with Crippen molar-refractivity contribution in [1.29, 1.82) is 0 Å².